The van der Waals surface area contributed by atoms with E-state index in [1.807, 2.05) is 24.3 Å². The topological polar surface area (TPSA) is 63.3 Å². The summed E-state index contributed by atoms with van der Waals surface area (Å²) in [6.45, 7) is 0. The molecule has 2 atom stereocenters. The minimum absolute atomic E-state index is 0.0800. The average molecular weight is 245 g/mol. The van der Waals surface area contributed by atoms with Crippen molar-refractivity contribution in [3.05, 3.63) is 30.2 Å². The highest BCUT2D eigenvalue weighted by Gasteiger charge is 2.35. The Bertz CT molecular complexity index is 542. The fourth-order valence-corrected chi connectivity index (χ4v) is 2.77. The fraction of sp³-hybridized carbons (Fsp3) is 0.429. The SMILES string of the molecule is O=C(O)C1CCCCC1c1nc2ccccc2o1. The largest absolute Gasteiger partial charge is 0.481 e. The summed E-state index contributed by atoms with van der Waals surface area (Å²) in [5.74, 6) is -0.583. The van der Waals surface area contributed by atoms with E-state index in [-0.39, 0.29) is 11.8 Å². The zero-order chi connectivity index (χ0) is 12.5. The van der Waals surface area contributed by atoms with Gasteiger partial charge in [-0.05, 0) is 25.0 Å². The molecule has 2 aromatic rings. The van der Waals surface area contributed by atoms with Crippen LogP contribution >= 0.6 is 0 Å². The molecule has 0 bridgehead atoms. The van der Waals surface area contributed by atoms with Crippen molar-refractivity contribution in [2.75, 3.05) is 0 Å². The number of oxazole rings is 1. The molecule has 1 N–H and O–H groups in total. The predicted octanol–water partition coefficient (Wildman–Crippen LogP) is 3.19. The number of aliphatic carboxylic acids is 1. The minimum atomic E-state index is -0.734. The summed E-state index contributed by atoms with van der Waals surface area (Å²) in [4.78, 5) is 15.7. The van der Waals surface area contributed by atoms with Crippen molar-refractivity contribution in [3.63, 3.8) is 0 Å². The lowest BCUT2D eigenvalue weighted by Crippen LogP contribution is -2.25. The second-order valence-corrected chi connectivity index (χ2v) is 4.86. The predicted molar refractivity (Wildman–Crippen MR) is 66.3 cm³/mol. The summed E-state index contributed by atoms with van der Waals surface area (Å²) >= 11 is 0. The first-order valence-electron chi connectivity index (χ1n) is 6.34. The summed E-state index contributed by atoms with van der Waals surface area (Å²) in [5, 5.41) is 9.28. The summed E-state index contributed by atoms with van der Waals surface area (Å²) in [6.07, 6.45) is 3.60. The Kier molecular flexibility index (Phi) is 2.78. The molecular weight excluding hydrogens is 230 g/mol. The molecule has 1 aliphatic carbocycles. The number of fused-ring (bicyclic) bond motifs is 1. The molecular formula is C14H15NO3. The van der Waals surface area contributed by atoms with E-state index in [1.165, 1.54) is 0 Å². The number of hydrogen-bond acceptors (Lipinski definition) is 3. The molecule has 18 heavy (non-hydrogen) atoms. The molecule has 0 saturated heterocycles. The van der Waals surface area contributed by atoms with Crippen LogP contribution in [0.1, 0.15) is 37.5 Å². The van der Waals surface area contributed by atoms with E-state index in [0.717, 1.165) is 36.8 Å². The Balaban J connectivity index is 1.98. The number of carboxylic acids is 1. The van der Waals surface area contributed by atoms with Gasteiger partial charge in [0.05, 0.1) is 5.92 Å². The summed E-state index contributed by atoms with van der Waals surface area (Å²) < 4.78 is 5.71. The van der Waals surface area contributed by atoms with E-state index in [9.17, 15) is 9.90 Å². The standard InChI is InChI=1S/C14H15NO3/c16-14(17)10-6-2-1-5-9(10)13-15-11-7-3-4-8-12(11)18-13/h3-4,7-10H,1-2,5-6H2,(H,16,17). The van der Waals surface area contributed by atoms with Gasteiger partial charge in [-0.15, -0.1) is 0 Å². The third-order valence-electron chi connectivity index (χ3n) is 3.71. The maximum absolute atomic E-state index is 11.3. The van der Waals surface area contributed by atoms with Crippen molar-refractivity contribution in [1.82, 2.24) is 4.98 Å². The van der Waals surface area contributed by atoms with Gasteiger partial charge in [0, 0.05) is 5.92 Å². The highest BCUT2D eigenvalue weighted by molar-refractivity contribution is 5.73. The maximum atomic E-state index is 11.3. The van der Waals surface area contributed by atoms with Crippen LogP contribution in [0.15, 0.2) is 28.7 Å². The Morgan fingerprint density at radius 2 is 2.06 bits per heavy atom. The zero-order valence-electron chi connectivity index (χ0n) is 10.0. The van der Waals surface area contributed by atoms with Gasteiger partial charge in [0.25, 0.3) is 0 Å². The van der Waals surface area contributed by atoms with Crippen molar-refractivity contribution in [2.45, 2.75) is 31.6 Å². The second kappa shape index (κ2) is 4.44. The van der Waals surface area contributed by atoms with Crippen molar-refractivity contribution in [3.8, 4) is 0 Å². The van der Waals surface area contributed by atoms with Crippen LogP contribution in [-0.2, 0) is 4.79 Å². The number of aromatic nitrogens is 1. The summed E-state index contributed by atoms with van der Waals surface area (Å²) in [7, 11) is 0. The molecule has 4 nitrogen and oxygen atoms in total. The first-order chi connectivity index (χ1) is 8.75. The van der Waals surface area contributed by atoms with Crippen LogP contribution in [0.4, 0.5) is 0 Å². The van der Waals surface area contributed by atoms with Gasteiger partial charge < -0.3 is 9.52 Å². The fourth-order valence-electron chi connectivity index (χ4n) is 2.77. The van der Waals surface area contributed by atoms with E-state index in [0.29, 0.717) is 5.89 Å². The molecule has 2 unspecified atom stereocenters. The lowest BCUT2D eigenvalue weighted by Gasteiger charge is -2.25. The first-order valence-corrected chi connectivity index (χ1v) is 6.34. The van der Waals surface area contributed by atoms with Crippen LogP contribution in [0.5, 0.6) is 0 Å². The molecule has 4 heteroatoms. The number of benzene rings is 1. The van der Waals surface area contributed by atoms with Crippen molar-refractivity contribution < 1.29 is 14.3 Å². The number of carboxylic acid groups (broad SMARTS) is 1. The summed E-state index contributed by atoms with van der Waals surface area (Å²) in [6, 6.07) is 7.56. The van der Waals surface area contributed by atoms with E-state index in [4.69, 9.17) is 4.42 Å². The third kappa shape index (κ3) is 1.88. The van der Waals surface area contributed by atoms with Gasteiger partial charge in [-0.25, -0.2) is 4.98 Å². The summed E-state index contributed by atoms with van der Waals surface area (Å²) in [5.41, 5.74) is 1.55. The van der Waals surface area contributed by atoms with Gasteiger partial charge in [0.1, 0.15) is 5.52 Å². The van der Waals surface area contributed by atoms with Crippen molar-refractivity contribution in [1.29, 1.82) is 0 Å². The van der Waals surface area contributed by atoms with E-state index in [2.05, 4.69) is 4.98 Å². The van der Waals surface area contributed by atoms with Crippen molar-refractivity contribution >= 4 is 17.1 Å². The van der Waals surface area contributed by atoms with Crippen LogP contribution in [0.3, 0.4) is 0 Å². The average Bonchev–Trinajstić information content (AvgIpc) is 2.82. The molecule has 1 aromatic heterocycles. The van der Waals surface area contributed by atoms with Gasteiger partial charge >= 0.3 is 5.97 Å². The molecule has 1 aromatic carbocycles. The quantitative estimate of drug-likeness (QED) is 0.882. The Morgan fingerprint density at radius 1 is 1.28 bits per heavy atom. The lowest BCUT2D eigenvalue weighted by atomic mass is 9.79. The molecule has 0 spiro atoms. The number of carbonyl (C=O) groups is 1. The molecule has 1 saturated carbocycles. The van der Waals surface area contributed by atoms with Gasteiger partial charge in [-0.1, -0.05) is 25.0 Å². The minimum Gasteiger partial charge on any atom is -0.481 e. The molecule has 0 aliphatic heterocycles. The first kappa shape index (κ1) is 11.3. The van der Waals surface area contributed by atoms with Crippen LogP contribution in [0, 0.1) is 5.92 Å². The molecule has 94 valence electrons. The van der Waals surface area contributed by atoms with E-state index in [1.54, 1.807) is 0 Å². The number of nitrogens with zero attached hydrogens (tertiary/aromatic N) is 1. The molecule has 1 heterocycles. The molecule has 0 radical (unpaired) electrons. The second-order valence-electron chi connectivity index (χ2n) is 4.86. The Morgan fingerprint density at radius 3 is 2.83 bits per heavy atom. The van der Waals surface area contributed by atoms with Gasteiger partial charge in [-0.2, -0.15) is 0 Å². The van der Waals surface area contributed by atoms with E-state index < -0.39 is 5.97 Å². The highest BCUT2D eigenvalue weighted by Crippen LogP contribution is 2.38. The molecule has 1 fully saturated rings. The molecule has 1 aliphatic rings. The van der Waals surface area contributed by atoms with Crippen LogP contribution < -0.4 is 0 Å². The molecule has 3 rings (SSSR count). The van der Waals surface area contributed by atoms with E-state index >= 15 is 0 Å². The lowest BCUT2D eigenvalue weighted by molar-refractivity contribution is -0.143. The van der Waals surface area contributed by atoms with Gasteiger partial charge in [0.15, 0.2) is 11.5 Å². The monoisotopic (exact) mass is 245 g/mol. The highest BCUT2D eigenvalue weighted by atomic mass is 16.4. The Hall–Kier alpha value is -1.84. The van der Waals surface area contributed by atoms with Crippen LogP contribution in [0.25, 0.3) is 11.1 Å². The van der Waals surface area contributed by atoms with Crippen molar-refractivity contribution in [2.24, 2.45) is 5.92 Å². The number of hydrogen-bond donors (Lipinski definition) is 1. The normalized spacial score (nSPS) is 24.2. The maximum Gasteiger partial charge on any atom is 0.307 e. The molecule has 0 amide bonds. The van der Waals surface area contributed by atoms with Crippen LogP contribution in [0.2, 0.25) is 0 Å². The van der Waals surface area contributed by atoms with Gasteiger partial charge in [0.2, 0.25) is 0 Å². The van der Waals surface area contributed by atoms with Gasteiger partial charge in [-0.3, -0.25) is 4.79 Å². The number of para-hydroxylation sites is 2. The third-order valence-corrected chi connectivity index (χ3v) is 3.71. The van der Waals surface area contributed by atoms with Crippen LogP contribution in [-0.4, -0.2) is 16.1 Å². The Labute approximate surface area is 105 Å². The smallest absolute Gasteiger partial charge is 0.307 e. The number of rotatable bonds is 2. The zero-order valence-corrected chi connectivity index (χ0v) is 10.0.